The van der Waals surface area contributed by atoms with Gasteiger partial charge in [-0.15, -0.1) is 0 Å². The third kappa shape index (κ3) is 3.52. The maximum Gasteiger partial charge on any atom is 0.329 e. The maximum absolute atomic E-state index is 11.5. The number of nitrogens with one attached hydrogen (secondary N) is 1. The number of carboxylic acids is 1. The van der Waals surface area contributed by atoms with Gasteiger partial charge in [0, 0.05) is 12.6 Å². The smallest absolute Gasteiger partial charge is 0.329 e. The molecule has 0 radical (unpaired) electrons. The first kappa shape index (κ1) is 13.0. The Morgan fingerprint density at radius 3 is 2.95 bits per heavy atom. The van der Waals surface area contributed by atoms with Gasteiger partial charge < -0.3 is 19.6 Å². The van der Waals surface area contributed by atoms with Crippen LogP contribution in [-0.2, 0) is 14.3 Å². The molecule has 0 unspecified atom stereocenters. The molecule has 1 heterocycles. The Morgan fingerprint density at radius 1 is 1.42 bits per heavy atom. The number of oxazole rings is 1. The van der Waals surface area contributed by atoms with Crippen LogP contribution in [0.15, 0.2) is 22.6 Å². The number of ether oxygens (including phenoxy) is 1. The molecule has 0 aliphatic carbocycles. The molecule has 19 heavy (non-hydrogen) atoms. The summed E-state index contributed by atoms with van der Waals surface area (Å²) in [6.45, 7) is 0.912. The molecule has 0 atom stereocenters. The monoisotopic (exact) mass is 264 g/mol. The van der Waals surface area contributed by atoms with Gasteiger partial charge in [-0.3, -0.25) is 4.79 Å². The number of hydrogen-bond donors (Lipinski definition) is 2. The number of fused-ring (bicyclic) bond motifs is 1. The lowest BCUT2D eigenvalue weighted by molar-refractivity contribution is -0.143. The lowest BCUT2D eigenvalue weighted by Gasteiger charge is -2.04. The van der Waals surface area contributed by atoms with E-state index in [2.05, 4.69) is 15.0 Å². The molecule has 0 saturated heterocycles. The van der Waals surface area contributed by atoms with Crippen LogP contribution < -0.4 is 5.32 Å². The van der Waals surface area contributed by atoms with Crippen LogP contribution >= 0.6 is 0 Å². The van der Waals surface area contributed by atoms with Gasteiger partial charge in [0.25, 0.3) is 0 Å². The fraction of sp³-hybridized carbons (Fsp3) is 0.250. The highest BCUT2D eigenvalue weighted by atomic mass is 16.5. The molecule has 0 fully saturated rings. The average molecular weight is 264 g/mol. The number of carboxylic acid groups (broad SMARTS) is 1. The lowest BCUT2D eigenvalue weighted by Crippen LogP contribution is -2.20. The van der Waals surface area contributed by atoms with Crippen LogP contribution in [0.5, 0.6) is 0 Å². The highest BCUT2D eigenvalue weighted by Gasteiger charge is 2.07. The molecule has 0 aliphatic rings. The van der Waals surface area contributed by atoms with E-state index in [1.165, 1.54) is 0 Å². The summed E-state index contributed by atoms with van der Waals surface area (Å²) in [6.07, 6.45) is 0. The minimum Gasteiger partial charge on any atom is -0.480 e. The predicted octanol–water partition coefficient (Wildman–Crippen LogP) is 1.18. The zero-order valence-corrected chi connectivity index (χ0v) is 10.2. The van der Waals surface area contributed by atoms with Gasteiger partial charge in [0.1, 0.15) is 18.7 Å². The third-order valence-electron chi connectivity index (χ3n) is 2.24. The van der Waals surface area contributed by atoms with Crippen molar-refractivity contribution in [3.8, 4) is 0 Å². The summed E-state index contributed by atoms with van der Waals surface area (Å²) in [5.41, 5.74) is 1.82. The first-order chi connectivity index (χ1) is 9.04. The van der Waals surface area contributed by atoms with Gasteiger partial charge in [0.15, 0.2) is 11.5 Å². The van der Waals surface area contributed by atoms with Crippen molar-refractivity contribution < 1.29 is 23.8 Å². The minimum absolute atomic E-state index is 0.317. The number of hydrogen-bond acceptors (Lipinski definition) is 5. The van der Waals surface area contributed by atoms with E-state index < -0.39 is 18.5 Å². The molecule has 0 saturated carbocycles. The van der Waals surface area contributed by atoms with Crippen LogP contribution in [0.1, 0.15) is 5.89 Å². The number of aryl methyl sites for hydroxylation is 1. The molecule has 2 rings (SSSR count). The van der Waals surface area contributed by atoms with E-state index in [1.807, 2.05) is 0 Å². The zero-order valence-electron chi connectivity index (χ0n) is 10.2. The van der Waals surface area contributed by atoms with Gasteiger partial charge in [-0.05, 0) is 18.2 Å². The fourth-order valence-corrected chi connectivity index (χ4v) is 1.55. The Labute approximate surface area is 108 Å². The van der Waals surface area contributed by atoms with Gasteiger partial charge >= 0.3 is 5.97 Å². The molecule has 7 nitrogen and oxygen atoms in total. The summed E-state index contributed by atoms with van der Waals surface area (Å²) in [5, 5.41) is 10.9. The topological polar surface area (TPSA) is 102 Å². The Bertz CT molecular complexity index is 620. The van der Waals surface area contributed by atoms with Crippen molar-refractivity contribution in [1.29, 1.82) is 0 Å². The largest absolute Gasteiger partial charge is 0.480 e. The maximum atomic E-state index is 11.5. The second-order valence-corrected chi connectivity index (χ2v) is 3.85. The molecule has 100 valence electrons. The van der Waals surface area contributed by atoms with Crippen LogP contribution in [0, 0.1) is 6.92 Å². The van der Waals surface area contributed by atoms with Gasteiger partial charge in [-0.1, -0.05) is 0 Å². The normalized spacial score (nSPS) is 10.6. The van der Waals surface area contributed by atoms with E-state index in [0.29, 0.717) is 22.7 Å². The summed E-state index contributed by atoms with van der Waals surface area (Å²) < 4.78 is 9.98. The number of aliphatic carboxylic acids is 1. The molecule has 0 spiro atoms. The van der Waals surface area contributed by atoms with E-state index in [-0.39, 0.29) is 6.61 Å². The molecule has 0 aliphatic heterocycles. The number of benzene rings is 1. The summed E-state index contributed by atoms with van der Waals surface area (Å²) in [4.78, 5) is 25.8. The van der Waals surface area contributed by atoms with Crippen molar-refractivity contribution in [2.75, 3.05) is 18.5 Å². The van der Waals surface area contributed by atoms with E-state index >= 15 is 0 Å². The number of aromatic nitrogens is 1. The number of carbonyl (C=O) groups is 2. The van der Waals surface area contributed by atoms with Crippen molar-refractivity contribution in [3.63, 3.8) is 0 Å². The standard InChI is InChI=1S/C12H12N2O5/c1-7-13-9-4-8(2-3-10(9)19-7)14-11(15)5-18-6-12(16)17/h2-4H,5-6H2,1H3,(H,14,15)(H,16,17). The van der Waals surface area contributed by atoms with E-state index in [9.17, 15) is 9.59 Å². The van der Waals surface area contributed by atoms with Crippen molar-refractivity contribution >= 4 is 28.7 Å². The second kappa shape index (κ2) is 5.49. The van der Waals surface area contributed by atoms with Crippen LogP contribution in [0.2, 0.25) is 0 Å². The van der Waals surface area contributed by atoms with Gasteiger partial charge in [0.2, 0.25) is 5.91 Å². The van der Waals surface area contributed by atoms with Crippen molar-refractivity contribution in [2.45, 2.75) is 6.92 Å². The first-order valence-electron chi connectivity index (χ1n) is 5.51. The number of anilines is 1. The lowest BCUT2D eigenvalue weighted by atomic mass is 10.3. The van der Waals surface area contributed by atoms with E-state index in [0.717, 1.165) is 0 Å². The molecule has 7 heteroatoms. The molecular formula is C12H12N2O5. The number of rotatable bonds is 5. The van der Waals surface area contributed by atoms with E-state index in [1.54, 1.807) is 25.1 Å². The van der Waals surface area contributed by atoms with Crippen LogP contribution in [0.3, 0.4) is 0 Å². The van der Waals surface area contributed by atoms with Crippen molar-refractivity contribution in [1.82, 2.24) is 4.98 Å². The number of nitrogens with zero attached hydrogens (tertiary/aromatic N) is 1. The quantitative estimate of drug-likeness (QED) is 0.840. The summed E-state index contributed by atoms with van der Waals surface area (Å²) >= 11 is 0. The third-order valence-corrected chi connectivity index (χ3v) is 2.24. The van der Waals surface area contributed by atoms with Crippen LogP contribution in [0.4, 0.5) is 5.69 Å². The highest BCUT2D eigenvalue weighted by molar-refractivity contribution is 5.93. The van der Waals surface area contributed by atoms with Gasteiger partial charge in [0.05, 0.1) is 0 Å². The van der Waals surface area contributed by atoms with Crippen LogP contribution in [-0.4, -0.2) is 35.2 Å². The molecule has 1 amide bonds. The van der Waals surface area contributed by atoms with Crippen molar-refractivity contribution in [2.24, 2.45) is 0 Å². The molecule has 1 aromatic carbocycles. The average Bonchev–Trinajstić information content (AvgIpc) is 2.67. The number of amides is 1. The predicted molar refractivity (Wildman–Crippen MR) is 65.8 cm³/mol. The second-order valence-electron chi connectivity index (χ2n) is 3.85. The minimum atomic E-state index is -1.12. The summed E-state index contributed by atoms with van der Waals surface area (Å²) in [7, 11) is 0. The Morgan fingerprint density at radius 2 is 2.21 bits per heavy atom. The summed E-state index contributed by atoms with van der Waals surface area (Å²) in [6, 6.07) is 5.03. The van der Waals surface area contributed by atoms with Gasteiger partial charge in [-0.25, -0.2) is 9.78 Å². The Kier molecular flexibility index (Phi) is 3.76. The Hall–Kier alpha value is -2.41. The molecule has 1 aromatic heterocycles. The molecular weight excluding hydrogens is 252 g/mol. The molecule has 0 bridgehead atoms. The molecule has 2 N–H and O–H groups in total. The Balaban J connectivity index is 1.96. The molecule has 2 aromatic rings. The zero-order chi connectivity index (χ0) is 13.8. The van der Waals surface area contributed by atoms with E-state index in [4.69, 9.17) is 9.52 Å². The summed E-state index contributed by atoms with van der Waals surface area (Å²) in [5.74, 6) is -1.00. The first-order valence-corrected chi connectivity index (χ1v) is 5.51. The fourth-order valence-electron chi connectivity index (χ4n) is 1.55. The van der Waals surface area contributed by atoms with Crippen LogP contribution in [0.25, 0.3) is 11.1 Å². The SMILES string of the molecule is Cc1nc2cc(NC(=O)COCC(=O)O)ccc2o1. The van der Waals surface area contributed by atoms with Crippen molar-refractivity contribution in [3.05, 3.63) is 24.1 Å². The highest BCUT2D eigenvalue weighted by Crippen LogP contribution is 2.19. The van der Waals surface area contributed by atoms with Gasteiger partial charge in [-0.2, -0.15) is 0 Å². The number of carbonyl (C=O) groups excluding carboxylic acids is 1.